The first-order valence-corrected chi connectivity index (χ1v) is 8.71. The van der Waals surface area contributed by atoms with Gasteiger partial charge >= 0.3 is 0 Å². The van der Waals surface area contributed by atoms with E-state index >= 15 is 0 Å². The van der Waals surface area contributed by atoms with E-state index in [1.807, 2.05) is 49.9 Å². The number of likely N-dealkylation sites (N-methyl/N-ethyl adjacent to an activating group) is 1. The predicted octanol–water partition coefficient (Wildman–Crippen LogP) is 2.20. The molecule has 136 valence electrons. The lowest BCUT2D eigenvalue weighted by molar-refractivity contribution is -0.124. The van der Waals surface area contributed by atoms with Gasteiger partial charge in [-0.25, -0.2) is 0 Å². The van der Waals surface area contributed by atoms with Crippen molar-refractivity contribution in [1.82, 2.24) is 10.2 Å². The van der Waals surface area contributed by atoms with E-state index in [0.717, 1.165) is 11.5 Å². The van der Waals surface area contributed by atoms with Crippen LogP contribution in [0.15, 0.2) is 24.3 Å². The number of hydrogen-bond acceptors (Lipinski definition) is 5. The lowest BCUT2D eigenvalue weighted by Gasteiger charge is -2.32. The Labute approximate surface area is 149 Å². The Bertz CT molecular complexity index is 641. The van der Waals surface area contributed by atoms with Crippen molar-refractivity contribution in [1.29, 1.82) is 5.26 Å². The van der Waals surface area contributed by atoms with E-state index in [2.05, 4.69) is 11.4 Å². The number of nitrogens with zero attached hydrogens (tertiary/aromatic N) is 2. The average Bonchev–Trinajstić information content (AvgIpc) is 2.60. The van der Waals surface area contributed by atoms with Crippen molar-refractivity contribution in [3.05, 3.63) is 24.3 Å². The third-order valence-electron chi connectivity index (χ3n) is 4.63. The van der Waals surface area contributed by atoms with E-state index in [4.69, 9.17) is 9.47 Å². The summed E-state index contributed by atoms with van der Waals surface area (Å²) in [5.74, 6) is 1.36. The normalized spacial score (nSPS) is 18.5. The maximum absolute atomic E-state index is 12.4. The molecule has 1 heterocycles. The Morgan fingerprint density at radius 2 is 2.12 bits per heavy atom. The van der Waals surface area contributed by atoms with Gasteiger partial charge < -0.3 is 14.8 Å². The molecular weight excluding hydrogens is 318 g/mol. The average molecular weight is 345 g/mol. The van der Waals surface area contributed by atoms with Gasteiger partial charge in [-0.2, -0.15) is 5.26 Å². The molecule has 6 nitrogen and oxygen atoms in total. The second-order valence-corrected chi connectivity index (χ2v) is 6.84. The fourth-order valence-electron chi connectivity index (χ4n) is 2.58. The van der Waals surface area contributed by atoms with Crippen LogP contribution < -0.4 is 14.8 Å². The molecule has 6 heteroatoms. The van der Waals surface area contributed by atoms with Crippen LogP contribution in [0.4, 0.5) is 0 Å². The van der Waals surface area contributed by atoms with Gasteiger partial charge in [0.1, 0.15) is 18.2 Å². The molecule has 1 aromatic rings. The van der Waals surface area contributed by atoms with Gasteiger partial charge in [0, 0.05) is 6.54 Å². The SMILES string of the molecule is CCN(CC(=O)NC(C)(C#N)C(C)C)CC1COc2ccccc2O1. The number of ether oxygens (including phenoxy) is 2. The Hall–Kier alpha value is -2.26. The summed E-state index contributed by atoms with van der Waals surface area (Å²) in [7, 11) is 0. The molecule has 1 aliphatic rings. The maximum Gasteiger partial charge on any atom is 0.235 e. The van der Waals surface area contributed by atoms with E-state index < -0.39 is 5.54 Å². The molecule has 25 heavy (non-hydrogen) atoms. The summed E-state index contributed by atoms with van der Waals surface area (Å²) in [4.78, 5) is 14.4. The zero-order valence-corrected chi connectivity index (χ0v) is 15.4. The molecule has 0 aromatic heterocycles. The Morgan fingerprint density at radius 1 is 1.44 bits per heavy atom. The third kappa shape index (κ3) is 4.86. The number of nitrogens with one attached hydrogen (secondary N) is 1. The molecule has 2 atom stereocenters. The molecule has 2 rings (SSSR count). The minimum atomic E-state index is -0.861. The van der Waals surface area contributed by atoms with Crippen LogP contribution in [0.2, 0.25) is 0 Å². The number of carbonyl (C=O) groups is 1. The zero-order valence-electron chi connectivity index (χ0n) is 15.4. The Balaban J connectivity index is 1.91. The number of rotatable bonds is 7. The molecule has 2 unspecified atom stereocenters. The summed E-state index contributed by atoms with van der Waals surface area (Å²) in [6.07, 6.45) is -0.130. The molecule has 0 radical (unpaired) electrons. The van der Waals surface area contributed by atoms with Crippen LogP contribution in [0.1, 0.15) is 27.7 Å². The van der Waals surface area contributed by atoms with E-state index in [-0.39, 0.29) is 24.5 Å². The second-order valence-electron chi connectivity index (χ2n) is 6.84. The van der Waals surface area contributed by atoms with Crippen molar-refractivity contribution in [2.45, 2.75) is 39.3 Å². The number of hydrogen-bond donors (Lipinski definition) is 1. The summed E-state index contributed by atoms with van der Waals surface area (Å²) in [5.41, 5.74) is -0.861. The highest BCUT2D eigenvalue weighted by atomic mass is 16.6. The quantitative estimate of drug-likeness (QED) is 0.820. The first-order valence-electron chi connectivity index (χ1n) is 8.71. The number of nitriles is 1. The first-order chi connectivity index (χ1) is 11.9. The van der Waals surface area contributed by atoms with Crippen LogP contribution >= 0.6 is 0 Å². The van der Waals surface area contributed by atoms with Crippen LogP contribution in [0.3, 0.4) is 0 Å². The topological polar surface area (TPSA) is 74.6 Å². The van der Waals surface area contributed by atoms with Gasteiger partial charge in [0.05, 0.1) is 12.6 Å². The highest BCUT2D eigenvalue weighted by molar-refractivity contribution is 5.79. The number of carbonyl (C=O) groups excluding carboxylic acids is 1. The van der Waals surface area contributed by atoms with E-state index in [1.54, 1.807) is 6.92 Å². The number of para-hydroxylation sites is 2. The van der Waals surface area contributed by atoms with Gasteiger partial charge in [0.2, 0.25) is 5.91 Å². The smallest absolute Gasteiger partial charge is 0.235 e. The molecule has 1 aliphatic heterocycles. The van der Waals surface area contributed by atoms with Crippen molar-refractivity contribution in [3.8, 4) is 17.6 Å². The standard InChI is InChI=1S/C19H27N3O3/c1-5-22(11-18(23)21-19(4,13-20)14(2)3)10-15-12-24-16-8-6-7-9-17(16)25-15/h6-9,14-15H,5,10-12H2,1-4H3,(H,21,23). The maximum atomic E-state index is 12.4. The fraction of sp³-hybridized carbons (Fsp3) is 0.579. The van der Waals surface area contributed by atoms with Gasteiger partial charge in [-0.1, -0.05) is 32.9 Å². The first kappa shape index (κ1) is 19.1. The van der Waals surface area contributed by atoms with Crippen LogP contribution in [0.25, 0.3) is 0 Å². The van der Waals surface area contributed by atoms with Crippen LogP contribution in [0, 0.1) is 17.2 Å². The predicted molar refractivity (Wildman–Crippen MR) is 95.5 cm³/mol. The highest BCUT2D eigenvalue weighted by Crippen LogP contribution is 2.31. The van der Waals surface area contributed by atoms with Gasteiger partial charge in [-0.15, -0.1) is 0 Å². The van der Waals surface area contributed by atoms with E-state index in [9.17, 15) is 10.1 Å². The van der Waals surface area contributed by atoms with Crippen molar-refractivity contribution in [2.24, 2.45) is 5.92 Å². The summed E-state index contributed by atoms with van der Waals surface area (Å²) >= 11 is 0. The Kier molecular flexibility index (Phi) is 6.27. The van der Waals surface area contributed by atoms with Crippen molar-refractivity contribution < 1.29 is 14.3 Å². The number of fused-ring (bicyclic) bond motifs is 1. The molecule has 0 spiro atoms. The van der Waals surface area contributed by atoms with E-state index in [0.29, 0.717) is 19.7 Å². The van der Waals surface area contributed by atoms with E-state index in [1.165, 1.54) is 0 Å². The van der Waals surface area contributed by atoms with Gasteiger partial charge in [-0.05, 0) is 31.5 Å². The minimum absolute atomic E-state index is 0.0307. The van der Waals surface area contributed by atoms with Gasteiger partial charge in [0.15, 0.2) is 11.5 Å². The van der Waals surface area contributed by atoms with Crippen molar-refractivity contribution in [3.63, 3.8) is 0 Å². The van der Waals surface area contributed by atoms with Gasteiger partial charge in [0.25, 0.3) is 0 Å². The molecule has 0 fully saturated rings. The molecule has 0 saturated heterocycles. The molecule has 1 N–H and O–H groups in total. The van der Waals surface area contributed by atoms with Crippen LogP contribution in [-0.2, 0) is 4.79 Å². The van der Waals surface area contributed by atoms with Crippen LogP contribution in [0.5, 0.6) is 11.5 Å². The molecular formula is C19H27N3O3. The highest BCUT2D eigenvalue weighted by Gasteiger charge is 2.31. The fourth-order valence-corrected chi connectivity index (χ4v) is 2.58. The van der Waals surface area contributed by atoms with Crippen molar-refractivity contribution in [2.75, 3.05) is 26.2 Å². The lowest BCUT2D eigenvalue weighted by atomic mass is 9.90. The lowest BCUT2D eigenvalue weighted by Crippen LogP contribution is -2.53. The molecule has 0 aliphatic carbocycles. The zero-order chi connectivity index (χ0) is 18.4. The Morgan fingerprint density at radius 3 is 2.72 bits per heavy atom. The van der Waals surface area contributed by atoms with Crippen LogP contribution in [-0.4, -0.2) is 48.7 Å². The molecule has 0 bridgehead atoms. The number of amides is 1. The largest absolute Gasteiger partial charge is 0.486 e. The summed E-state index contributed by atoms with van der Waals surface area (Å²) in [5, 5.41) is 12.2. The monoisotopic (exact) mass is 345 g/mol. The summed E-state index contributed by atoms with van der Waals surface area (Å²) in [6.45, 7) is 9.57. The number of benzene rings is 1. The summed E-state index contributed by atoms with van der Waals surface area (Å²) in [6, 6.07) is 9.77. The third-order valence-corrected chi connectivity index (χ3v) is 4.63. The molecule has 0 saturated carbocycles. The van der Waals surface area contributed by atoms with Crippen molar-refractivity contribution >= 4 is 5.91 Å². The van der Waals surface area contributed by atoms with Gasteiger partial charge in [-0.3, -0.25) is 9.69 Å². The second kappa shape index (κ2) is 8.21. The minimum Gasteiger partial charge on any atom is -0.486 e. The summed E-state index contributed by atoms with van der Waals surface area (Å²) < 4.78 is 11.7. The molecule has 1 aromatic carbocycles. The molecule has 1 amide bonds.